The van der Waals surface area contributed by atoms with Gasteiger partial charge in [-0.05, 0) is 43.7 Å². The highest BCUT2D eigenvalue weighted by Gasteiger charge is 2.21. The molecule has 1 aliphatic rings. The lowest BCUT2D eigenvalue weighted by Gasteiger charge is -2.18. The number of hydrogen-bond acceptors (Lipinski definition) is 4. The molecule has 1 saturated heterocycles. The summed E-state index contributed by atoms with van der Waals surface area (Å²) in [6.07, 6.45) is 2.19. The Kier molecular flexibility index (Phi) is 4.50. The van der Waals surface area contributed by atoms with Gasteiger partial charge in [-0.1, -0.05) is 5.16 Å². The maximum atomic E-state index is 12.8. The van der Waals surface area contributed by atoms with Gasteiger partial charge in [0, 0.05) is 12.1 Å². The summed E-state index contributed by atoms with van der Waals surface area (Å²) < 4.78 is 18.1. The second-order valence-electron chi connectivity index (χ2n) is 4.51. The Hall–Kier alpha value is -1.46. The summed E-state index contributed by atoms with van der Waals surface area (Å²) in [5.74, 6) is 1.22. The normalized spacial score (nSPS) is 18.9. The van der Waals surface area contributed by atoms with Crippen molar-refractivity contribution in [3.63, 3.8) is 0 Å². The summed E-state index contributed by atoms with van der Waals surface area (Å²) in [5, 5.41) is 7.27. The van der Waals surface area contributed by atoms with Crippen LogP contribution in [0.1, 0.15) is 24.7 Å². The molecule has 6 heteroatoms. The Morgan fingerprint density at radius 1 is 1.26 bits per heavy atom. The van der Waals surface area contributed by atoms with Gasteiger partial charge in [0.05, 0.1) is 5.92 Å². The number of rotatable bonds is 2. The van der Waals surface area contributed by atoms with Crippen LogP contribution in [0.4, 0.5) is 4.39 Å². The van der Waals surface area contributed by atoms with Crippen molar-refractivity contribution in [3.8, 4) is 11.4 Å². The second kappa shape index (κ2) is 6.12. The van der Waals surface area contributed by atoms with E-state index in [4.69, 9.17) is 4.52 Å². The predicted octanol–water partition coefficient (Wildman–Crippen LogP) is 2.76. The van der Waals surface area contributed by atoms with Crippen LogP contribution in [0.3, 0.4) is 0 Å². The molecule has 0 radical (unpaired) electrons. The number of nitrogens with zero attached hydrogens (tertiary/aromatic N) is 2. The summed E-state index contributed by atoms with van der Waals surface area (Å²) in [4.78, 5) is 4.39. The molecule has 1 aromatic heterocycles. The van der Waals surface area contributed by atoms with E-state index in [1.54, 1.807) is 12.1 Å². The van der Waals surface area contributed by atoms with Crippen LogP contribution in [0, 0.1) is 5.82 Å². The fourth-order valence-corrected chi connectivity index (χ4v) is 2.18. The lowest BCUT2D eigenvalue weighted by molar-refractivity contribution is 0.322. The number of halogens is 2. The zero-order chi connectivity index (χ0) is 12.4. The average Bonchev–Trinajstić information content (AvgIpc) is 2.90. The molecule has 3 rings (SSSR count). The van der Waals surface area contributed by atoms with Gasteiger partial charge in [0.2, 0.25) is 11.7 Å². The van der Waals surface area contributed by atoms with Crippen molar-refractivity contribution in [2.24, 2.45) is 0 Å². The van der Waals surface area contributed by atoms with E-state index in [1.165, 1.54) is 12.1 Å². The summed E-state index contributed by atoms with van der Waals surface area (Å²) in [6.45, 7) is 1.93. The lowest BCUT2D eigenvalue weighted by Crippen LogP contribution is -2.28. The van der Waals surface area contributed by atoms with Crippen molar-refractivity contribution in [1.29, 1.82) is 0 Å². The van der Waals surface area contributed by atoms with E-state index in [0.717, 1.165) is 31.5 Å². The molecule has 102 valence electrons. The molecule has 0 spiro atoms. The molecule has 1 N–H and O–H groups in total. The SMILES string of the molecule is Cl.Fc1ccc(-c2noc([C@H]3CCCNC3)n2)cc1. The van der Waals surface area contributed by atoms with Crippen LogP contribution in [0.15, 0.2) is 28.8 Å². The third-order valence-corrected chi connectivity index (χ3v) is 3.19. The number of nitrogens with one attached hydrogen (secondary N) is 1. The first-order valence-electron chi connectivity index (χ1n) is 6.13. The average molecular weight is 284 g/mol. The van der Waals surface area contributed by atoms with Crippen LogP contribution in [0.5, 0.6) is 0 Å². The molecule has 1 fully saturated rings. The standard InChI is InChI=1S/C13H14FN3O.ClH/c14-11-5-3-9(4-6-11)12-16-13(18-17-12)10-2-1-7-15-8-10;/h3-6,10,15H,1-2,7-8H2;1H/t10-;/m0./s1. The van der Waals surface area contributed by atoms with E-state index in [0.29, 0.717) is 17.6 Å². The van der Waals surface area contributed by atoms with E-state index in [9.17, 15) is 4.39 Å². The van der Waals surface area contributed by atoms with Gasteiger partial charge in [-0.2, -0.15) is 4.98 Å². The highest BCUT2D eigenvalue weighted by molar-refractivity contribution is 5.85. The van der Waals surface area contributed by atoms with Crippen LogP contribution in [-0.4, -0.2) is 23.2 Å². The largest absolute Gasteiger partial charge is 0.339 e. The maximum absolute atomic E-state index is 12.8. The van der Waals surface area contributed by atoms with Crippen LogP contribution in [0.2, 0.25) is 0 Å². The minimum atomic E-state index is -0.265. The van der Waals surface area contributed by atoms with Crippen LogP contribution in [-0.2, 0) is 0 Å². The first-order chi connectivity index (χ1) is 8.83. The monoisotopic (exact) mass is 283 g/mol. The summed E-state index contributed by atoms with van der Waals surface area (Å²) >= 11 is 0. The smallest absolute Gasteiger partial charge is 0.231 e. The Morgan fingerprint density at radius 3 is 2.74 bits per heavy atom. The van der Waals surface area contributed by atoms with Crippen molar-refractivity contribution < 1.29 is 8.91 Å². The quantitative estimate of drug-likeness (QED) is 0.921. The molecule has 1 aromatic carbocycles. The molecule has 2 heterocycles. The van der Waals surface area contributed by atoms with Gasteiger partial charge in [-0.25, -0.2) is 4.39 Å². The molecule has 2 aromatic rings. The minimum absolute atomic E-state index is 0. The van der Waals surface area contributed by atoms with Crippen LogP contribution in [0.25, 0.3) is 11.4 Å². The highest BCUT2D eigenvalue weighted by Crippen LogP contribution is 2.24. The van der Waals surface area contributed by atoms with Crippen molar-refractivity contribution in [2.45, 2.75) is 18.8 Å². The number of benzene rings is 1. The molecule has 0 bridgehead atoms. The zero-order valence-electron chi connectivity index (χ0n) is 10.3. The molecule has 0 saturated carbocycles. The van der Waals surface area contributed by atoms with Crippen molar-refractivity contribution >= 4 is 12.4 Å². The lowest BCUT2D eigenvalue weighted by atomic mass is 10.00. The van der Waals surface area contributed by atoms with E-state index < -0.39 is 0 Å². The number of hydrogen-bond donors (Lipinski definition) is 1. The second-order valence-corrected chi connectivity index (χ2v) is 4.51. The first-order valence-corrected chi connectivity index (χ1v) is 6.13. The predicted molar refractivity (Wildman–Crippen MR) is 71.8 cm³/mol. The molecule has 0 amide bonds. The maximum Gasteiger partial charge on any atom is 0.231 e. The molecule has 19 heavy (non-hydrogen) atoms. The molecule has 1 aliphatic heterocycles. The molecule has 1 atom stereocenters. The van der Waals surface area contributed by atoms with E-state index in [-0.39, 0.29) is 18.2 Å². The van der Waals surface area contributed by atoms with Gasteiger partial charge in [0.1, 0.15) is 5.82 Å². The number of aromatic nitrogens is 2. The summed E-state index contributed by atoms with van der Waals surface area (Å²) in [6, 6.07) is 6.10. The van der Waals surface area contributed by atoms with E-state index >= 15 is 0 Å². The Morgan fingerprint density at radius 2 is 2.05 bits per heavy atom. The van der Waals surface area contributed by atoms with Gasteiger partial charge in [0.25, 0.3) is 0 Å². The molecule has 0 unspecified atom stereocenters. The molecular formula is C13H15ClFN3O. The third kappa shape index (κ3) is 3.11. The van der Waals surface area contributed by atoms with Gasteiger partial charge < -0.3 is 9.84 Å². The Labute approximate surface area is 116 Å². The fraction of sp³-hybridized carbons (Fsp3) is 0.385. The summed E-state index contributed by atoms with van der Waals surface area (Å²) in [7, 11) is 0. The van der Waals surface area contributed by atoms with E-state index in [2.05, 4.69) is 15.5 Å². The third-order valence-electron chi connectivity index (χ3n) is 3.19. The van der Waals surface area contributed by atoms with Crippen molar-refractivity contribution in [3.05, 3.63) is 36.0 Å². The number of piperidine rings is 1. The van der Waals surface area contributed by atoms with Crippen LogP contribution < -0.4 is 5.32 Å². The molecule has 4 nitrogen and oxygen atoms in total. The van der Waals surface area contributed by atoms with Gasteiger partial charge in [-0.3, -0.25) is 0 Å². The van der Waals surface area contributed by atoms with Gasteiger partial charge in [0.15, 0.2) is 0 Å². The molecular weight excluding hydrogens is 269 g/mol. The van der Waals surface area contributed by atoms with Crippen molar-refractivity contribution in [2.75, 3.05) is 13.1 Å². The van der Waals surface area contributed by atoms with Crippen LogP contribution >= 0.6 is 12.4 Å². The Bertz CT molecular complexity index is 523. The summed E-state index contributed by atoms with van der Waals surface area (Å²) in [5.41, 5.74) is 0.773. The Balaban J connectivity index is 0.00000133. The van der Waals surface area contributed by atoms with Gasteiger partial charge >= 0.3 is 0 Å². The fourth-order valence-electron chi connectivity index (χ4n) is 2.18. The first kappa shape index (κ1) is 14.0. The van der Waals surface area contributed by atoms with E-state index in [1.807, 2.05) is 0 Å². The highest BCUT2D eigenvalue weighted by atomic mass is 35.5. The topological polar surface area (TPSA) is 51.0 Å². The molecule has 0 aliphatic carbocycles. The minimum Gasteiger partial charge on any atom is -0.339 e. The zero-order valence-corrected chi connectivity index (χ0v) is 11.1. The van der Waals surface area contributed by atoms with Gasteiger partial charge in [-0.15, -0.1) is 12.4 Å². The van der Waals surface area contributed by atoms with Crippen molar-refractivity contribution in [1.82, 2.24) is 15.5 Å².